The fourth-order valence-corrected chi connectivity index (χ4v) is 1.00. The second kappa shape index (κ2) is 4.31. The van der Waals surface area contributed by atoms with Gasteiger partial charge in [0.1, 0.15) is 0 Å². The molecule has 1 aromatic rings. The number of rotatable bonds is 3. The maximum Gasteiger partial charge on any atom is 0.373 e. The van der Waals surface area contributed by atoms with Gasteiger partial charge in [0.05, 0.1) is 15.4 Å². The maximum atomic E-state index is 10.8. The van der Waals surface area contributed by atoms with E-state index >= 15 is 0 Å². The summed E-state index contributed by atoms with van der Waals surface area (Å²) >= 11 is 0. The molecule has 0 aliphatic heterocycles. The first-order valence-electron chi connectivity index (χ1n) is 3.76. The number of benzene rings is 1. The molecule has 16 heavy (non-hydrogen) atoms. The molecule has 0 radical (unpaired) electrons. The van der Waals surface area contributed by atoms with E-state index in [9.17, 15) is 25.0 Å². The van der Waals surface area contributed by atoms with E-state index in [0.29, 0.717) is 6.07 Å². The number of hydrogen-bond acceptors (Lipinski definition) is 7. The van der Waals surface area contributed by atoms with Crippen molar-refractivity contribution in [1.82, 2.24) is 0 Å². The molecule has 0 aliphatic rings. The summed E-state index contributed by atoms with van der Waals surface area (Å²) < 4.78 is 0. The minimum atomic E-state index is -1.24. The number of nitro benzene ring substituents is 2. The predicted molar refractivity (Wildman–Crippen MR) is 47.8 cm³/mol. The average Bonchev–Trinajstić information content (AvgIpc) is 2.26. The van der Waals surface area contributed by atoms with Crippen molar-refractivity contribution in [2.75, 3.05) is 0 Å². The molecule has 1 aromatic carbocycles. The van der Waals surface area contributed by atoms with Crippen LogP contribution in [0.15, 0.2) is 18.2 Å². The smallest absolute Gasteiger partial charge is 0.296 e. The van der Waals surface area contributed by atoms with E-state index in [4.69, 9.17) is 5.26 Å². The summed E-state index contributed by atoms with van der Waals surface area (Å²) in [5.74, 6) is -1.24. The van der Waals surface area contributed by atoms with Gasteiger partial charge in [0.2, 0.25) is 0 Å². The van der Waals surface area contributed by atoms with E-state index < -0.39 is 27.2 Å². The van der Waals surface area contributed by atoms with Crippen LogP contribution in [0.1, 0.15) is 10.4 Å². The highest BCUT2D eigenvalue weighted by molar-refractivity contribution is 5.90. The number of nitrogens with zero attached hydrogens (tertiary/aromatic N) is 2. The SMILES string of the molecule is O=C(OO)c1ccc([N+](=O)[O-])c([N+](=O)[O-])c1. The Labute approximate surface area is 87.1 Å². The van der Waals surface area contributed by atoms with Gasteiger partial charge in [-0.1, -0.05) is 0 Å². The standard InChI is InChI=1S/C7H4N2O7/c10-7(16-15)4-1-2-5(8(11)12)6(3-4)9(13)14/h1-3,15H. The molecule has 0 saturated carbocycles. The van der Waals surface area contributed by atoms with E-state index in [2.05, 4.69) is 4.89 Å². The summed E-state index contributed by atoms with van der Waals surface area (Å²) in [6.07, 6.45) is 0. The molecule has 0 spiro atoms. The summed E-state index contributed by atoms with van der Waals surface area (Å²) in [5, 5.41) is 28.9. The van der Waals surface area contributed by atoms with E-state index in [-0.39, 0.29) is 5.56 Å². The van der Waals surface area contributed by atoms with E-state index in [1.54, 1.807) is 0 Å². The van der Waals surface area contributed by atoms with E-state index in [1.807, 2.05) is 0 Å². The van der Waals surface area contributed by atoms with Gasteiger partial charge >= 0.3 is 17.3 Å². The van der Waals surface area contributed by atoms with Crippen LogP contribution in [0.4, 0.5) is 11.4 Å². The third-order valence-electron chi connectivity index (χ3n) is 1.69. The molecule has 9 heteroatoms. The molecule has 0 atom stereocenters. The van der Waals surface area contributed by atoms with Crippen molar-refractivity contribution in [3.05, 3.63) is 44.0 Å². The lowest BCUT2D eigenvalue weighted by atomic mass is 10.2. The largest absolute Gasteiger partial charge is 0.373 e. The summed E-state index contributed by atoms with van der Waals surface area (Å²) in [7, 11) is 0. The fourth-order valence-electron chi connectivity index (χ4n) is 1.00. The van der Waals surface area contributed by atoms with Crippen LogP contribution < -0.4 is 0 Å². The second-order valence-corrected chi connectivity index (χ2v) is 2.60. The van der Waals surface area contributed by atoms with Gasteiger partial charge in [-0.25, -0.2) is 4.79 Å². The summed E-state index contributed by atoms with van der Waals surface area (Å²) in [4.78, 5) is 33.1. The fraction of sp³-hybridized carbons (Fsp3) is 0. The van der Waals surface area contributed by atoms with Gasteiger partial charge in [0, 0.05) is 12.1 Å². The summed E-state index contributed by atoms with van der Waals surface area (Å²) in [5.41, 5.74) is -1.97. The van der Waals surface area contributed by atoms with Crippen LogP contribution >= 0.6 is 0 Å². The quantitative estimate of drug-likeness (QED) is 0.465. The molecular formula is C7H4N2O7. The summed E-state index contributed by atoms with van der Waals surface area (Å²) in [6.45, 7) is 0. The lowest BCUT2D eigenvalue weighted by Gasteiger charge is -1.97. The van der Waals surface area contributed by atoms with Crippen LogP contribution in [-0.2, 0) is 4.89 Å². The Bertz CT molecular complexity index is 470. The third-order valence-corrected chi connectivity index (χ3v) is 1.69. The second-order valence-electron chi connectivity index (χ2n) is 2.60. The number of carbonyl (C=O) groups is 1. The number of nitro groups is 2. The van der Waals surface area contributed by atoms with E-state index in [1.165, 1.54) is 0 Å². The molecule has 9 nitrogen and oxygen atoms in total. The Balaban J connectivity index is 3.34. The molecule has 0 saturated heterocycles. The Morgan fingerprint density at radius 1 is 1.19 bits per heavy atom. The zero-order valence-electron chi connectivity index (χ0n) is 7.52. The molecule has 0 bridgehead atoms. The minimum absolute atomic E-state index is 0.361. The average molecular weight is 228 g/mol. The zero-order valence-corrected chi connectivity index (χ0v) is 7.52. The monoisotopic (exact) mass is 228 g/mol. The van der Waals surface area contributed by atoms with Crippen LogP contribution in [0.3, 0.4) is 0 Å². The molecule has 0 fully saturated rings. The first-order chi connectivity index (χ1) is 7.47. The maximum absolute atomic E-state index is 10.8. The van der Waals surface area contributed by atoms with Crippen LogP contribution in [0.5, 0.6) is 0 Å². The number of hydrogen-bond donors (Lipinski definition) is 1. The molecule has 1 rings (SSSR count). The molecule has 1 N–H and O–H groups in total. The van der Waals surface area contributed by atoms with Crippen molar-refractivity contribution in [1.29, 1.82) is 0 Å². The van der Waals surface area contributed by atoms with Crippen molar-refractivity contribution in [3.8, 4) is 0 Å². The Kier molecular flexibility index (Phi) is 3.11. The Morgan fingerprint density at radius 2 is 1.75 bits per heavy atom. The highest BCUT2D eigenvalue weighted by Crippen LogP contribution is 2.27. The van der Waals surface area contributed by atoms with Gasteiger partial charge in [-0.2, -0.15) is 5.26 Å². The van der Waals surface area contributed by atoms with Crippen molar-refractivity contribution in [3.63, 3.8) is 0 Å². The Morgan fingerprint density at radius 3 is 2.19 bits per heavy atom. The van der Waals surface area contributed by atoms with Crippen LogP contribution in [0, 0.1) is 20.2 Å². The molecule has 0 aromatic heterocycles. The van der Waals surface area contributed by atoms with Crippen molar-refractivity contribution >= 4 is 17.3 Å². The van der Waals surface area contributed by atoms with Gasteiger partial charge in [0.25, 0.3) is 0 Å². The lowest BCUT2D eigenvalue weighted by Crippen LogP contribution is -2.04. The third kappa shape index (κ3) is 2.09. The molecule has 84 valence electrons. The first-order valence-corrected chi connectivity index (χ1v) is 3.76. The van der Waals surface area contributed by atoms with Crippen LogP contribution in [0.25, 0.3) is 0 Å². The molecule has 0 aliphatic carbocycles. The van der Waals surface area contributed by atoms with E-state index in [0.717, 1.165) is 12.1 Å². The normalized spacial score (nSPS) is 9.56. The molecule has 0 heterocycles. The molecular weight excluding hydrogens is 224 g/mol. The van der Waals surface area contributed by atoms with Crippen molar-refractivity contribution < 1.29 is 24.8 Å². The number of carbonyl (C=O) groups excluding carboxylic acids is 1. The van der Waals surface area contributed by atoms with Crippen molar-refractivity contribution in [2.24, 2.45) is 0 Å². The van der Waals surface area contributed by atoms with Gasteiger partial charge < -0.3 is 0 Å². The predicted octanol–water partition coefficient (Wildman–Crippen LogP) is 1.13. The van der Waals surface area contributed by atoms with Gasteiger partial charge in [0.15, 0.2) is 0 Å². The van der Waals surface area contributed by atoms with Gasteiger partial charge in [-0.3, -0.25) is 25.1 Å². The molecule has 0 unspecified atom stereocenters. The highest BCUT2D eigenvalue weighted by Gasteiger charge is 2.26. The first kappa shape index (κ1) is 11.5. The van der Waals surface area contributed by atoms with Crippen molar-refractivity contribution in [2.45, 2.75) is 0 Å². The van der Waals surface area contributed by atoms with Gasteiger partial charge in [-0.15, -0.1) is 0 Å². The van der Waals surface area contributed by atoms with Crippen LogP contribution in [-0.4, -0.2) is 21.1 Å². The minimum Gasteiger partial charge on any atom is -0.296 e. The topological polar surface area (TPSA) is 133 Å². The van der Waals surface area contributed by atoms with Gasteiger partial charge in [-0.05, 0) is 6.07 Å². The summed E-state index contributed by atoms with van der Waals surface area (Å²) in [6, 6.07) is 2.37. The molecule has 0 amide bonds. The van der Waals surface area contributed by atoms with Crippen LogP contribution in [0.2, 0.25) is 0 Å². The zero-order chi connectivity index (χ0) is 12.3. The lowest BCUT2D eigenvalue weighted by molar-refractivity contribution is -0.422. The Hall–Kier alpha value is -2.55. The highest BCUT2D eigenvalue weighted by atomic mass is 17.1.